The van der Waals surface area contributed by atoms with Crippen LogP contribution in [-0.2, 0) is 17.8 Å². The molecule has 8 heteroatoms. The zero-order valence-electron chi connectivity index (χ0n) is 19.1. The average Bonchev–Trinajstić information content (AvgIpc) is 2.88. The van der Waals surface area contributed by atoms with E-state index in [1.54, 1.807) is 67.8 Å². The second-order valence-electron chi connectivity index (χ2n) is 7.89. The minimum Gasteiger partial charge on any atom is -0.489 e. The average molecular weight is 466 g/mol. The van der Waals surface area contributed by atoms with Crippen molar-refractivity contribution < 1.29 is 9.53 Å². The molecular formula is C27H23N5O3. The van der Waals surface area contributed by atoms with Crippen molar-refractivity contribution in [1.82, 2.24) is 15.0 Å². The highest BCUT2D eigenvalue weighted by molar-refractivity contribution is 5.91. The Balaban J connectivity index is 1.35. The zero-order chi connectivity index (χ0) is 24.6. The molecule has 0 aliphatic carbocycles. The Bertz CT molecular complexity index is 1440. The van der Waals surface area contributed by atoms with E-state index in [9.17, 15) is 9.59 Å². The largest absolute Gasteiger partial charge is 0.489 e. The van der Waals surface area contributed by atoms with E-state index in [1.165, 1.54) is 0 Å². The number of nitriles is 1. The molecule has 2 heterocycles. The Labute approximate surface area is 202 Å². The van der Waals surface area contributed by atoms with Crippen LogP contribution in [0.5, 0.6) is 5.75 Å². The molecule has 0 saturated carbocycles. The lowest BCUT2D eigenvalue weighted by Gasteiger charge is -2.10. The highest BCUT2D eigenvalue weighted by atomic mass is 16.5. The lowest BCUT2D eigenvalue weighted by atomic mass is 10.1. The SMILES string of the molecule is Cc1nc(-c2ccncc2)[nH]c(=O)c1CCC(=O)Nc1cccc(OCc2cccc(C#N)c2)c1. The first-order chi connectivity index (χ1) is 17.0. The fraction of sp³-hybridized carbons (Fsp3) is 0.148. The molecule has 0 atom stereocenters. The predicted molar refractivity (Wildman–Crippen MR) is 132 cm³/mol. The van der Waals surface area contributed by atoms with E-state index in [1.807, 2.05) is 12.1 Å². The Kier molecular flexibility index (Phi) is 7.28. The summed E-state index contributed by atoms with van der Waals surface area (Å²) in [5, 5.41) is 11.9. The third-order valence-electron chi connectivity index (χ3n) is 5.36. The number of carbonyl (C=O) groups excluding carboxylic acids is 1. The predicted octanol–water partition coefficient (Wildman–Crippen LogP) is 4.16. The van der Waals surface area contributed by atoms with Gasteiger partial charge < -0.3 is 15.0 Å². The summed E-state index contributed by atoms with van der Waals surface area (Å²) in [4.78, 5) is 36.4. The van der Waals surface area contributed by atoms with Crippen molar-refractivity contribution in [2.24, 2.45) is 0 Å². The second-order valence-corrected chi connectivity index (χ2v) is 7.89. The molecular weight excluding hydrogens is 442 g/mol. The molecule has 0 spiro atoms. The molecule has 0 saturated heterocycles. The molecule has 2 N–H and O–H groups in total. The van der Waals surface area contributed by atoms with Gasteiger partial charge in [-0.3, -0.25) is 14.6 Å². The number of aromatic amines is 1. The van der Waals surface area contributed by atoms with E-state index in [2.05, 4.69) is 26.3 Å². The molecule has 174 valence electrons. The van der Waals surface area contributed by atoms with Gasteiger partial charge in [0.2, 0.25) is 5.91 Å². The normalized spacial score (nSPS) is 10.4. The van der Waals surface area contributed by atoms with E-state index < -0.39 is 0 Å². The number of nitrogens with one attached hydrogen (secondary N) is 2. The number of H-pyrrole nitrogens is 1. The van der Waals surface area contributed by atoms with E-state index in [0.29, 0.717) is 40.7 Å². The van der Waals surface area contributed by atoms with Crippen molar-refractivity contribution in [3.63, 3.8) is 0 Å². The molecule has 0 fully saturated rings. The summed E-state index contributed by atoms with van der Waals surface area (Å²) in [6, 6.07) is 19.9. The number of ether oxygens (including phenoxy) is 1. The lowest BCUT2D eigenvalue weighted by molar-refractivity contribution is -0.116. The fourth-order valence-electron chi connectivity index (χ4n) is 3.57. The first-order valence-corrected chi connectivity index (χ1v) is 11.0. The monoisotopic (exact) mass is 465 g/mol. The van der Waals surface area contributed by atoms with Crippen molar-refractivity contribution in [3.8, 4) is 23.2 Å². The molecule has 2 aromatic heterocycles. The number of aryl methyl sites for hydroxylation is 1. The van der Waals surface area contributed by atoms with Gasteiger partial charge in [-0.25, -0.2) is 4.98 Å². The quantitative estimate of drug-likeness (QED) is 0.403. The minimum atomic E-state index is -0.257. The summed E-state index contributed by atoms with van der Waals surface area (Å²) in [5.74, 6) is 0.841. The van der Waals surface area contributed by atoms with Crippen molar-refractivity contribution in [2.45, 2.75) is 26.4 Å². The minimum absolute atomic E-state index is 0.131. The summed E-state index contributed by atoms with van der Waals surface area (Å²) in [5.41, 5.74) is 3.62. The van der Waals surface area contributed by atoms with E-state index in [0.717, 1.165) is 11.1 Å². The molecule has 1 amide bonds. The van der Waals surface area contributed by atoms with Crippen LogP contribution in [0, 0.1) is 18.3 Å². The van der Waals surface area contributed by atoms with Crippen LogP contribution >= 0.6 is 0 Å². The number of pyridine rings is 1. The van der Waals surface area contributed by atoms with Gasteiger partial charge in [-0.15, -0.1) is 0 Å². The van der Waals surface area contributed by atoms with E-state index in [-0.39, 0.29) is 24.3 Å². The van der Waals surface area contributed by atoms with Crippen LogP contribution in [-0.4, -0.2) is 20.9 Å². The third kappa shape index (κ3) is 6.18. The second kappa shape index (κ2) is 10.9. The van der Waals surface area contributed by atoms with Gasteiger partial charge in [0, 0.05) is 47.4 Å². The third-order valence-corrected chi connectivity index (χ3v) is 5.36. The molecule has 0 radical (unpaired) electrons. The van der Waals surface area contributed by atoms with Gasteiger partial charge in [0.15, 0.2) is 0 Å². The van der Waals surface area contributed by atoms with Crippen molar-refractivity contribution in [1.29, 1.82) is 5.26 Å². The van der Waals surface area contributed by atoms with E-state index >= 15 is 0 Å². The van der Waals surface area contributed by atoms with Crippen molar-refractivity contribution >= 4 is 11.6 Å². The van der Waals surface area contributed by atoms with Gasteiger partial charge in [0.25, 0.3) is 5.56 Å². The molecule has 4 rings (SSSR count). The maximum Gasteiger partial charge on any atom is 0.254 e. The van der Waals surface area contributed by atoms with Gasteiger partial charge in [-0.2, -0.15) is 5.26 Å². The molecule has 8 nitrogen and oxygen atoms in total. The van der Waals surface area contributed by atoms with Crippen LogP contribution in [0.2, 0.25) is 0 Å². The van der Waals surface area contributed by atoms with Gasteiger partial charge in [0.05, 0.1) is 11.6 Å². The van der Waals surface area contributed by atoms with Crippen LogP contribution in [0.3, 0.4) is 0 Å². The molecule has 4 aromatic rings. The molecule has 35 heavy (non-hydrogen) atoms. The maximum absolute atomic E-state index is 12.6. The van der Waals surface area contributed by atoms with Gasteiger partial charge in [-0.05, 0) is 55.3 Å². The fourth-order valence-corrected chi connectivity index (χ4v) is 3.57. The Morgan fingerprint density at radius 3 is 2.69 bits per heavy atom. The van der Waals surface area contributed by atoms with Crippen LogP contribution < -0.4 is 15.6 Å². The van der Waals surface area contributed by atoms with Crippen LogP contribution in [0.25, 0.3) is 11.4 Å². The first-order valence-electron chi connectivity index (χ1n) is 11.0. The number of nitrogens with zero attached hydrogens (tertiary/aromatic N) is 3. The van der Waals surface area contributed by atoms with Crippen molar-refractivity contribution in [2.75, 3.05) is 5.32 Å². The molecule has 0 bridgehead atoms. The van der Waals surface area contributed by atoms with Crippen molar-refractivity contribution in [3.05, 3.63) is 106 Å². The molecule has 0 aliphatic heterocycles. The summed E-state index contributed by atoms with van der Waals surface area (Å²) in [6.45, 7) is 2.07. The molecule has 0 unspecified atom stereocenters. The summed E-state index contributed by atoms with van der Waals surface area (Å²) in [6.07, 6.45) is 3.67. The number of rotatable bonds is 8. The highest BCUT2D eigenvalue weighted by Crippen LogP contribution is 2.20. The number of amides is 1. The standard InChI is InChI=1S/C27H23N5O3/c1-18-24(27(34)32-26(30-18)21-10-12-29-13-11-21)8-9-25(33)31-22-6-3-7-23(15-22)35-17-20-5-2-4-19(14-20)16-28/h2-7,10-15H,8-9,17H2,1H3,(H,31,33)(H,30,32,34). The number of hydrogen-bond acceptors (Lipinski definition) is 6. The lowest BCUT2D eigenvalue weighted by Crippen LogP contribution is -2.20. The number of anilines is 1. The van der Waals surface area contributed by atoms with Gasteiger partial charge >= 0.3 is 0 Å². The molecule has 0 aliphatic rings. The van der Waals surface area contributed by atoms with Crippen LogP contribution in [0.1, 0.15) is 28.8 Å². The topological polar surface area (TPSA) is 121 Å². The maximum atomic E-state index is 12.6. The number of carbonyl (C=O) groups is 1. The zero-order valence-corrected chi connectivity index (χ0v) is 19.1. The first kappa shape index (κ1) is 23.4. The summed E-state index contributed by atoms with van der Waals surface area (Å²) < 4.78 is 5.80. The highest BCUT2D eigenvalue weighted by Gasteiger charge is 2.12. The Morgan fingerprint density at radius 2 is 1.91 bits per heavy atom. The summed E-state index contributed by atoms with van der Waals surface area (Å²) in [7, 11) is 0. The Hall–Kier alpha value is -4.77. The number of benzene rings is 2. The van der Waals surface area contributed by atoms with Gasteiger partial charge in [0.1, 0.15) is 18.2 Å². The van der Waals surface area contributed by atoms with Crippen LogP contribution in [0.15, 0.2) is 77.9 Å². The van der Waals surface area contributed by atoms with E-state index in [4.69, 9.17) is 10.00 Å². The molecule has 2 aromatic carbocycles. The number of hydrogen-bond donors (Lipinski definition) is 2. The Morgan fingerprint density at radius 1 is 1.11 bits per heavy atom. The summed E-state index contributed by atoms with van der Waals surface area (Å²) >= 11 is 0. The van der Waals surface area contributed by atoms with Crippen LogP contribution in [0.4, 0.5) is 5.69 Å². The number of aromatic nitrogens is 3. The van der Waals surface area contributed by atoms with Gasteiger partial charge in [-0.1, -0.05) is 18.2 Å². The smallest absolute Gasteiger partial charge is 0.254 e.